The van der Waals surface area contributed by atoms with Crippen LogP contribution in [0.3, 0.4) is 0 Å². The number of fused-ring (bicyclic) bond motifs is 1. The van der Waals surface area contributed by atoms with Crippen molar-refractivity contribution in [1.29, 1.82) is 0 Å². The highest BCUT2D eigenvalue weighted by atomic mass is 28.3. The summed E-state index contributed by atoms with van der Waals surface area (Å²) in [5.74, 6) is -0.898. The van der Waals surface area contributed by atoms with E-state index in [-0.39, 0.29) is 0 Å². The summed E-state index contributed by atoms with van der Waals surface area (Å²) in [4.78, 5) is 15.6. The van der Waals surface area contributed by atoms with Gasteiger partial charge in [0.25, 0.3) is 0 Å². The second kappa shape index (κ2) is 5.77. The van der Waals surface area contributed by atoms with E-state index in [4.69, 9.17) is 0 Å². The van der Waals surface area contributed by atoms with Crippen molar-refractivity contribution in [2.24, 2.45) is 0 Å². The molecule has 0 amide bonds. The summed E-state index contributed by atoms with van der Waals surface area (Å²) in [6, 6.07) is 11.8. The van der Waals surface area contributed by atoms with Gasteiger partial charge < -0.3 is 9.67 Å². The van der Waals surface area contributed by atoms with Crippen LogP contribution in [0.25, 0.3) is 10.9 Å². The molecule has 1 radical (unpaired) electrons. The fourth-order valence-corrected chi connectivity index (χ4v) is 3.43. The van der Waals surface area contributed by atoms with Crippen LogP contribution in [0.15, 0.2) is 48.8 Å². The molecule has 5 heteroatoms. The van der Waals surface area contributed by atoms with Crippen molar-refractivity contribution in [1.82, 2.24) is 9.55 Å². The van der Waals surface area contributed by atoms with Crippen molar-refractivity contribution < 1.29 is 9.90 Å². The van der Waals surface area contributed by atoms with Crippen LogP contribution in [0.5, 0.6) is 0 Å². The highest BCUT2D eigenvalue weighted by Crippen LogP contribution is 2.21. The summed E-state index contributed by atoms with van der Waals surface area (Å²) in [5, 5.41) is 11.8. The predicted octanol–water partition coefficient (Wildman–Crippen LogP) is 2.74. The molecule has 4 nitrogen and oxygen atoms in total. The SMILES string of the molecule is C[Si](C)c1ccc2cc(C(=O)O)n(Cc3ccncc3)c2c1. The number of hydrogen-bond donors (Lipinski definition) is 1. The van der Waals surface area contributed by atoms with E-state index in [1.54, 1.807) is 18.5 Å². The van der Waals surface area contributed by atoms with Crippen LogP contribution in [-0.2, 0) is 6.54 Å². The first-order chi connectivity index (χ1) is 10.6. The molecular weight excluding hydrogens is 292 g/mol. The van der Waals surface area contributed by atoms with Gasteiger partial charge in [-0.05, 0) is 29.8 Å². The number of carboxylic acids is 1. The van der Waals surface area contributed by atoms with E-state index in [0.29, 0.717) is 12.2 Å². The molecular formula is C17H17N2O2Si. The Kier molecular flexibility index (Phi) is 3.81. The van der Waals surface area contributed by atoms with Crippen molar-refractivity contribution in [2.45, 2.75) is 19.6 Å². The summed E-state index contributed by atoms with van der Waals surface area (Å²) < 4.78 is 1.88. The Morgan fingerprint density at radius 2 is 1.91 bits per heavy atom. The van der Waals surface area contributed by atoms with E-state index in [2.05, 4.69) is 30.2 Å². The van der Waals surface area contributed by atoms with E-state index in [9.17, 15) is 9.90 Å². The van der Waals surface area contributed by atoms with E-state index in [1.807, 2.05) is 22.8 Å². The Labute approximate surface area is 130 Å². The molecule has 111 valence electrons. The van der Waals surface area contributed by atoms with Crippen molar-refractivity contribution in [3.8, 4) is 0 Å². The lowest BCUT2D eigenvalue weighted by atomic mass is 10.2. The quantitative estimate of drug-likeness (QED) is 0.754. The monoisotopic (exact) mass is 309 g/mol. The lowest BCUT2D eigenvalue weighted by Gasteiger charge is -2.10. The third-order valence-corrected chi connectivity index (χ3v) is 5.26. The molecule has 3 rings (SSSR count). The van der Waals surface area contributed by atoms with Crippen molar-refractivity contribution in [2.75, 3.05) is 0 Å². The van der Waals surface area contributed by atoms with E-state index in [0.717, 1.165) is 16.5 Å². The maximum atomic E-state index is 11.6. The van der Waals surface area contributed by atoms with E-state index >= 15 is 0 Å². The number of aromatic nitrogens is 2. The second-order valence-corrected chi connectivity index (χ2v) is 8.13. The van der Waals surface area contributed by atoms with E-state index < -0.39 is 14.8 Å². The smallest absolute Gasteiger partial charge is 0.352 e. The molecule has 2 heterocycles. The Bertz CT molecular complexity index is 825. The maximum Gasteiger partial charge on any atom is 0.352 e. The van der Waals surface area contributed by atoms with Gasteiger partial charge in [0, 0.05) is 29.8 Å². The van der Waals surface area contributed by atoms with Gasteiger partial charge in [0.15, 0.2) is 0 Å². The topological polar surface area (TPSA) is 55.1 Å². The lowest BCUT2D eigenvalue weighted by Crippen LogP contribution is -2.22. The predicted molar refractivity (Wildman–Crippen MR) is 89.4 cm³/mol. The van der Waals surface area contributed by atoms with E-state index in [1.165, 1.54) is 5.19 Å². The summed E-state index contributed by atoms with van der Waals surface area (Å²) in [6.45, 7) is 5.01. The Balaban J connectivity index is 2.17. The molecule has 0 fully saturated rings. The zero-order valence-corrected chi connectivity index (χ0v) is 13.6. The summed E-state index contributed by atoms with van der Waals surface area (Å²) in [6.07, 6.45) is 3.46. The average molecular weight is 309 g/mol. The van der Waals surface area contributed by atoms with Crippen LogP contribution in [0.4, 0.5) is 0 Å². The lowest BCUT2D eigenvalue weighted by molar-refractivity contribution is 0.0686. The number of carboxylic acid groups (broad SMARTS) is 1. The molecule has 0 aliphatic carbocycles. The van der Waals surface area contributed by atoms with Gasteiger partial charge in [0.05, 0.1) is 8.80 Å². The molecule has 1 N–H and O–H groups in total. The molecule has 0 saturated heterocycles. The fraction of sp³-hybridized carbons (Fsp3) is 0.176. The minimum Gasteiger partial charge on any atom is -0.477 e. The van der Waals surface area contributed by atoms with Crippen LogP contribution in [0, 0.1) is 0 Å². The molecule has 22 heavy (non-hydrogen) atoms. The van der Waals surface area contributed by atoms with Crippen molar-refractivity contribution in [3.63, 3.8) is 0 Å². The number of benzene rings is 1. The number of aromatic carboxylic acids is 1. The normalized spacial score (nSPS) is 11.2. The molecule has 0 aliphatic rings. The summed E-state index contributed by atoms with van der Waals surface area (Å²) >= 11 is 0. The highest BCUT2D eigenvalue weighted by Gasteiger charge is 2.16. The van der Waals surface area contributed by atoms with Crippen LogP contribution in [-0.4, -0.2) is 29.4 Å². The number of hydrogen-bond acceptors (Lipinski definition) is 2. The van der Waals surface area contributed by atoms with Crippen molar-refractivity contribution in [3.05, 3.63) is 60.0 Å². The largest absolute Gasteiger partial charge is 0.477 e. The maximum absolute atomic E-state index is 11.6. The summed E-state index contributed by atoms with van der Waals surface area (Å²) in [5.41, 5.74) is 2.35. The molecule has 1 aromatic carbocycles. The standard InChI is InChI=1S/C17H17N2O2Si/c1-22(2)14-4-3-13-9-16(17(20)21)19(15(13)10-14)11-12-5-7-18-8-6-12/h3-10H,11H2,1-2H3,(H,20,21). The number of carbonyl (C=O) groups is 1. The van der Waals surface area contributed by atoms with Gasteiger partial charge in [-0.1, -0.05) is 30.4 Å². The first-order valence-corrected chi connectivity index (χ1v) is 9.62. The van der Waals surface area contributed by atoms with Gasteiger partial charge in [-0.3, -0.25) is 4.98 Å². The average Bonchev–Trinajstić information content (AvgIpc) is 2.86. The molecule has 0 unspecified atom stereocenters. The first-order valence-electron chi connectivity index (χ1n) is 7.12. The van der Waals surface area contributed by atoms with Crippen molar-refractivity contribution >= 4 is 30.9 Å². The number of rotatable bonds is 4. The second-order valence-electron chi connectivity index (χ2n) is 5.55. The third-order valence-electron chi connectivity index (χ3n) is 3.79. The molecule has 0 aliphatic heterocycles. The van der Waals surface area contributed by atoms with Crippen LogP contribution >= 0.6 is 0 Å². The van der Waals surface area contributed by atoms with Crippen LogP contribution < -0.4 is 5.19 Å². The zero-order chi connectivity index (χ0) is 15.7. The molecule has 0 bridgehead atoms. The van der Waals surface area contributed by atoms with Crippen LogP contribution in [0.2, 0.25) is 13.1 Å². The fourth-order valence-electron chi connectivity index (χ4n) is 2.58. The third kappa shape index (κ3) is 2.67. The molecule has 0 atom stereocenters. The van der Waals surface area contributed by atoms with Gasteiger partial charge in [0.1, 0.15) is 5.69 Å². The van der Waals surface area contributed by atoms with Gasteiger partial charge in [0.2, 0.25) is 0 Å². The minimum atomic E-state index is -0.898. The molecule has 0 saturated carbocycles. The Hall–Kier alpha value is -2.40. The van der Waals surface area contributed by atoms with Gasteiger partial charge in [-0.15, -0.1) is 0 Å². The Morgan fingerprint density at radius 3 is 2.55 bits per heavy atom. The highest BCUT2D eigenvalue weighted by molar-refractivity contribution is 6.70. The molecule has 2 aromatic heterocycles. The van der Waals surface area contributed by atoms with Gasteiger partial charge in [-0.2, -0.15) is 0 Å². The van der Waals surface area contributed by atoms with Gasteiger partial charge in [-0.25, -0.2) is 4.79 Å². The Morgan fingerprint density at radius 1 is 1.18 bits per heavy atom. The summed E-state index contributed by atoms with van der Waals surface area (Å²) in [7, 11) is -0.573. The van der Waals surface area contributed by atoms with Gasteiger partial charge >= 0.3 is 5.97 Å². The number of pyridine rings is 1. The first kappa shape index (κ1) is 14.5. The number of nitrogens with zero attached hydrogens (tertiary/aromatic N) is 2. The van der Waals surface area contributed by atoms with Crippen LogP contribution in [0.1, 0.15) is 16.1 Å². The zero-order valence-electron chi connectivity index (χ0n) is 12.6. The molecule has 0 spiro atoms. The molecule has 3 aromatic rings. The minimum absolute atomic E-state index is 0.324.